The number of allylic oxidation sites excluding steroid dienone is 1. The van der Waals surface area contributed by atoms with E-state index in [0.29, 0.717) is 6.42 Å². The molecule has 0 amide bonds. The first-order valence-electron chi connectivity index (χ1n) is 3.72. The predicted molar refractivity (Wildman–Crippen MR) is 47.4 cm³/mol. The zero-order chi connectivity index (χ0) is 10.4. The van der Waals surface area contributed by atoms with E-state index >= 15 is 0 Å². The molecule has 0 aliphatic rings. The standard InChI is InChI=1S/C8H11ClO4/c1-3-6(5(2)8(11)12)13-7(10)4-9/h3-4H2,1-2H3,(H,11,12)/b6-5+. The topological polar surface area (TPSA) is 63.6 Å². The van der Waals surface area contributed by atoms with Gasteiger partial charge in [0.1, 0.15) is 11.6 Å². The monoisotopic (exact) mass is 206 g/mol. The Morgan fingerprint density at radius 2 is 2.00 bits per heavy atom. The van der Waals surface area contributed by atoms with E-state index < -0.39 is 11.9 Å². The van der Waals surface area contributed by atoms with E-state index in [1.54, 1.807) is 6.92 Å². The van der Waals surface area contributed by atoms with Crippen LogP contribution in [0.4, 0.5) is 0 Å². The van der Waals surface area contributed by atoms with Gasteiger partial charge in [-0.3, -0.25) is 4.79 Å². The highest BCUT2D eigenvalue weighted by atomic mass is 35.5. The molecule has 0 heterocycles. The largest absolute Gasteiger partial charge is 0.478 e. The molecule has 0 rings (SSSR count). The highest BCUT2D eigenvalue weighted by Crippen LogP contribution is 2.10. The van der Waals surface area contributed by atoms with Gasteiger partial charge in [0.2, 0.25) is 0 Å². The van der Waals surface area contributed by atoms with Gasteiger partial charge in [-0.1, -0.05) is 6.92 Å². The number of aliphatic carboxylic acids is 1. The molecule has 0 aliphatic heterocycles. The summed E-state index contributed by atoms with van der Waals surface area (Å²) < 4.78 is 4.70. The maximum atomic E-state index is 10.7. The van der Waals surface area contributed by atoms with E-state index in [4.69, 9.17) is 21.4 Å². The van der Waals surface area contributed by atoms with E-state index in [2.05, 4.69) is 0 Å². The number of esters is 1. The third kappa shape index (κ3) is 3.94. The minimum atomic E-state index is -1.10. The van der Waals surface area contributed by atoms with Crippen LogP contribution in [0, 0.1) is 0 Å². The van der Waals surface area contributed by atoms with Crippen LogP contribution >= 0.6 is 11.6 Å². The summed E-state index contributed by atoms with van der Waals surface area (Å²) in [6.45, 7) is 3.08. The molecule has 0 radical (unpaired) electrons. The van der Waals surface area contributed by atoms with Gasteiger partial charge in [0.05, 0.1) is 5.57 Å². The molecule has 0 unspecified atom stereocenters. The lowest BCUT2D eigenvalue weighted by atomic mass is 10.2. The summed E-state index contributed by atoms with van der Waals surface area (Å²) in [6.07, 6.45) is 0.348. The lowest BCUT2D eigenvalue weighted by molar-refractivity contribution is -0.137. The van der Waals surface area contributed by atoms with Crippen molar-refractivity contribution in [1.29, 1.82) is 0 Å². The Bertz CT molecular complexity index is 245. The normalized spacial score (nSPS) is 11.9. The average Bonchev–Trinajstić information content (AvgIpc) is 2.12. The number of hydrogen-bond acceptors (Lipinski definition) is 3. The Hall–Kier alpha value is -1.03. The third-order valence-electron chi connectivity index (χ3n) is 1.41. The molecule has 0 fully saturated rings. The lowest BCUT2D eigenvalue weighted by Gasteiger charge is -2.06. The molecular weight excluding hydrogens is 196 g/mol. The number of carboxylic acids is 1. The third-order valence-corrected chi connectivity index (χ3v) is 1.62. The molecule has 0 spiro atoms. The SMILES string of the molecule is CC/C(OC(=O)CCl)=C(/C)C(=O)O. The molecule has 5 heteroatoms. The van der Waals surface area contributed by atoms with Gasteiger partial charge in [-0.25, -0.2) is 4.79 Å². The van der Waals surface area contributed by atoms with Crippen LogP contribution in [0.2, 0.25) is 0 Å². The van der Waals surface area contributed by atoms with Crippen LogP contribution in [-0.4, -0.2) is 22.9 Å². The fourth-order valence-corrected chi connectivity index (χ4v) is 0.752. The number of alkyl halides is 1. The molecule has 0 saturated heterocycles. The van der Waals surface area contributed by atoms with Crippen LogP contribution in [0.25, 0.3) is 0 Å². The summed E-state index contributed by atoms with van der Waals surface area (Å²) in [5.41, 5.74) is 0.0287. The Morgan fingerprint density at radius 1 is 1.46 bits per heavy atom. The number of carboxylic acid groups (broad SMARTS) is 1. The number of carbonyl (C=O) groups excluding carboxylic acids is 1. The average molecular weight is 207 g/mol. The van der Waals surface area contributed by atoms with Crippen molar-refractivity contribution >= 4 is 23.5 Å². The molecule has 4 nitrogen and oxygen atoms in total. The van der Waals surface area contributed by atoms with Gasteiger partial charge in [-0.15, -0.1) is 11.6 Å². The van der Waals surface area contributed by atoms with Gasteiger partial charge in [0.25, 0.3) is 0 Å². The molecule has 13 heavy (non-hydrogen) atoms. The van der Waals surface area contributed by atoms with Crippen LogP contribution in [0.5, 0.6) is 0 Å². The van der Waals surface area contributed by atoms with Crippen LogP contribution in [-0.2, 0) is 14.3 Å². The zero-order valence-electron chi connectivity index (χ0n) is 7.46. The van der Waals surface area contributed by atoms with Crippen molar-refractivity contribution in [2.24, 2.45) is 0 Å². The zero-order valence-corrected chi connectivity index (χ0v) is 8.22. The van der Waals surface area contributed by atoms with Gasteiger partial charge < -0.3 is 9.84 Å². The summed E-state index contributed by atoms with van der Waals surface area (Å²) in [7, 11) is 0. The summed E-state index contributed by atoms with van der Waals surface area (Å²) in [6, 6.07) is 0. The fourth-order valence-electron chi connectivity index (χ4n) is 0.698. The van der Waals surface area contributed by atoms with E-state index in [-0.39, 0.29) is 17.2 Å². The number of ether oxygens (including phenoxy) is 1. The highest BCUT2D eigenvalue weighted by molar-refractivity contribution is 6.26. The van der Waals surface area contributed by atoms with Crippen LogP contribution in [0.15, 0.2) is 11.3 Å². The van der Waals surface area contributed by atoms with E-state index in [1.165, 1.54) is 6.92 Å². The van der Waals surface area contributed by atoms with Gasteiger partial charge in [0.15, 0.2) is 0 Å². The van der Waals surface area contributed by atoms with E-state index in [1.807, 2.05) is 0 Å². The van der Waals surface area contributed by atoms with Crippen molar-refractivity contribution in [3.8, 4) is 0 Å². The predicted octanol–water partition coefficient (Wildman–Crippen LogP) is 1.54. The van der Waals surface area contributed by atoms with Crippen molar-refractivity contribution in [3.63, 3.8) is 0 Å². The molecule has 0 aromatic rings. The highest BCUT2D eigenvalue weighted by Gasteiger charge is 2.12. The second-order valence-electron chi connectivity index (χ2n) is 2.31. The number of hydrogen-bond donors (Lipinski definition) is 1. The van der Waals surface area contributed by atoms with Crippen molar-refractivity contribution in [2.75, 3.05) is 5.88 Å². The maximum Gasteiger partial charge on any atom is 0.334 e. The molecule has 74 valence electrons. The molecule has 0 bridgehead atoms. The fraction of sp³-hybridized carbons (Fsp3) is 0.500. The lowest BCUT2D eigenvalue weighted by Crippen LogP contribution is -2.10. The molecule has 0 saturated carbocycles. The first-order chi connectivity index (χ1) is 6.02. The smallest absolute Gasteiger partial charge is 0.334 e. The van der Waals surface area contributed by atoms with Crippen molar-refractivity contribution in [1.82, 2.24) is 0 Å². The molecule has 1 N–H and O–H groups in total. The van der Waals surface area contributed by atoms with Gasteiger partial charge in [-0.2, -0.15) is 0 Å². The van der Waals surface area contributed by atoms with Crippen LogP contribution < -0.4 is 0 Å². The molecular formula is C8H11ClO4. The summed E-state index contributed by atoms with van der Waals surface area (Å²) in [5, 5.41) is 8.59. The number of rotatable bonds is 4. The first kappa shape index (κ1) is 12.0. The van der Waals surface area contributed by atoms with Gasteiger partial charge >= 0.3 is 11.9 Å². The minimum absolute atomic E-state index is 0.0287. The Labute approximate surface area is 81.1 Å². The van der Waals surface area contributed by atoms with Crippen molar-refractivity contribution in [3.05, 3.63) is 11.3 Å². The van der Waals surface area contributed by atoms with E-state index in [9.17, 15) is 9.59 Å². The Balaban J connectivity index is 4.59. The summed E-state index contributed by atoms with van der Waals surface area (Å²) in [4.78, 5) is 21.2. The molecule has 0 aromatic carbocycles. The van der Waals surface area contributed by atoms with Crippen molar-refractivity contribution in [2.45, 2.75) is 20.3 Å². The summed E-state index contributed by atoms with van der Waals surface area (Å²) >= 11 is 5.19. The quantitative estimate of drug-likeness (QED) is 0.328. The number of halogens is 1. The Kier molecular flexibility index (Phi) is 5.14. The summed E-state index contributed by atoms with van der Waals surface area (Å²) in [5.74, 6) is -1.87. The molecule has 0 aliphatic carbocycles. The number of carbonyl (C=O) groups is 2. The van der Waals surface area contributed by atoms with Crippen LogP contribution in [0.1, 0.15) is 20.3 Å². The van der Waals surface area contributed by atoms with E-state index in [0.717, 1.165) is 0 Å². The van der Waals surface area contributed by atoms with Crippen molar-refractivity contribution < 1.29 is 19.4 Å². The molecule has 0 atom stereocenters. The maximum absolute atomic E-state index is 10.7. The van der Waals surface area contributed by atoms with Gasteiger partial charge in [-0.05, 0) is 6.92 Å². The Morgan fingerprint density at radius 3 is 2.31 bits per heavy atom. The first-order valence-corrected chi connectivity index (χ1v) is 4.26. The second kappa shape index (κ2) is 5.59. The van der Waals surface area contributed by atoms with Crippen LogP contribution in [0.3, 0.4) is 0 Å². The second-order valence-corrected chi connectivity index (χ2v) is 2.58. The molecule has 0 aromatic heterocycles. The van der Waals surface area contributed by atoms with Gasteiger partial charge in [0, 0.05) is 6.42 Å². The minimum Gasteiger partial charge on any atom is -0.478 e.